The van der Waals surface area contributed by atoms with Crippen LogP contribution in [0.2, 0.25) is 0 Å². The molecule has 3 aromatic rings. The summed E-state index contributed by atoms with van der Waals surface area (Å²) in [5.74, 6) is 2.70. The average Bonchev–Trinajstić information content (AvgIpc) is 3.85. The van der Waals surface area contributed by atoms with Crippen molar-refractivity contribution in [3.63, 3.8) is 0 Å². The number of unbranched alkanes of at least 4 members (excludes halogenated alkanes) is 1. The van der Waals surface area contributed by atoms with E-state index in [1.807, 2.05) is 53.4 Å². The minimum absolute atomic E-state index is 0.0272. The number of nitrogens with one attached hydrogen (secondary N) is 1. The Balaban J connectivity index is 0.000000219. The normalized spacial score (nSPS) is 24.3. The number of benzene rings is 3. The molecule has 1 saturated heterocycles. The van der Waals surface area contributed by atoms with Crippen molar-refractivity contribution in [1.29, 1.82) is 0 Å². The number of nitrogens with two attached hydrogens (primary N) is 2. The summed E-state index contributed by atoms with van der Waals surface area (Å²) in [5, 5.41) is 3.11. The monoisotopic (exact) mass is 859 g/mol. The molecule has 5 N–H and O–H groups in total. The van der Waals surface area contributed by atoms with Gasteiger partial charge in [0.1, 0.15) is 11.3 Å². The van der Waals surface area contributed by atoms with Gasteiger partial charge in [-0.2, -0.15) is 0 Å². The average molecular weight is 859 g/mol. The SMILES string of the molecule is CCCC[C@H]1CN(Cc2ccc(CN3C(=O)[C@@](CCC4CCCCC4)(CC4CCCCC4)N=C3N)cc2)C(=O)N1.COc1cccc(-c2cccc(C3(C)N=C(N)N(C)C3=O)c2)c1. The number of guanidine groups is 2. The number of ether oxygens (including phenoxy) is 1. The summed E-state index contributed by atoms with van der Waals surface area (Å²) in [5.41, 5.74) is 15.6. The first-order valence-electron chi connectivity index (χ1n) is 23.6. The Labute approximate surface area is 374 Å². The van der Waals surface area contributed by atoms with Crippen molar-refractivity contribution in [1.82, 2.24) is 20.0 Å². The van der Waals surface area contributed by atoms with Crippen molar-refractivity contribution in [2.75, 3.05) is 20.7 Å². The number of hydrogen-bond donors (Lipinski definition) is 3. The van der Waals surface area contributed by atoms with E-state index in [1.165, 1.54) is 69.1 Å². The molecule has 5 aliphatic rings. The Morgan fingerprint density at radius 3 is 2.03 bits per heavy atom. The van der Waals surface area contributed by atoms with Gasteiger partial charge >= 0.3 is 6.03 Å². The summed E-state index contributed by atoms with van der Waals surface area (Å²) in [6.45, 7) is 5.79. The molecule has 63 heavy (non-hydrogen) atoms. The Bertz CT molecular complexity index is 2130. The molecule has 3 heterocycles. The van der Waals surface area contributed by atoms with Gasteiger partial charge in [0, 0.05) is 26.2 Å². The van der Waals surface area contributed by atoms with E-state index in [-0.39, 0.29) is 29.8 Å². The summed E-state index contributed by atoms with van der Waals surface area (Å²) >= 11 is 0. The summed E-state index contributed by atoms with van der Waals surface area (Å²) in [4.78, 5) is 53.4. The quantitative estimate of drug-likeness (QED) is 0.139. The second-order valence-corrected chi connectivity index (χ2v) is 18.8. The first-order chi connectivity index (χ1) is 30.4. The molecular formula is C51H70N8O4. The van der Waals surface area contributed by atoms with Crippen LogP contribution in [0, 0.1) is 11.8 Å². The molecule has 1 unspecified atom stereocenters. The Morgan fingerprint density at radius 2 is 1.40 bits per heavy atom. The van der Waals surface area contributed by atoms with Crippen LogP contribution < -0.4 is 21.5 Å². The molecule has 0 spiro atoms. The molecule has 0 bridgehead atoms. The molecule has 3 fully saturated rings. The second kappa shape index (κ2) is 20.4. The molecule has 0 radical (unpaired) electrons. The third-order valence-electron chi connectivity index (χ3n) is 14.2. The van der Waals surface area contributed by atoms with Gasteiger partial charge in [-0.3, -0.25) is 19.4 Å². The Morgan fingerprint density at radius 1 is 0.762 bits per heavy atom. The third kappa shape index (κ3) is 10.7. The molecule has 0 aromatic heterocycles. The third-order valence-corrected chi connectivity index (χ3v) is 14.2. The zero-order valence-electron chi connectivity index (χ0n) is 38.1. The van der Waals surface area contributed by atoms with Gasteiger partial charge in [-0.15, -0.1) is 0 Å². The molecule has 3 atom stereocenters. The first kappa shape index (κ1) is 45.6. The highest BCUT2D eigenvalue weighted by Crippen LogP contribution is 2.41. The minimum atomic E-state index is -0.978. The fraction of sp³-hybridized carbons (Fsp3) is 0.549. The van der Waals surface area contributed by atoms with Crippen LogP contribution in [0.3, 0.4) is 0 Å². The number of likely N-dealkylation sites (N-methyl/N-ethyl adjacent to an activating group) is 1. The number of nitrogens with zero attached hydrogens (tertiary/aromatic N) is 5. The maximum absolute atomic E-state index is 14.1. The number of urea groups is 1. The maximum atomic E-state index is 14.1. The van der Waals surface area contributed by atoms with Crippen LogP contribution in [-0.4, -0.2) is 76.7 Å². The molecular weight excluding hydrogens is 789 g/mol. The van der Waals surface area contributed by atoms with E-state index in [1.54, 1.807) is 26.0 Å². The highest BCUT2D eigenvalue weighted by molar-refractivity contribution is 6.07. The fourth-order valence-corrected chi connectivity index (χ4v) is 10.4. The van der Waals surface area contributed by atoms with Crippen LogP contribution in [0.25, 0.3) is 11.1 Å². The van der Waals surface area contributed by atoms with Crippen LogP contribution in [0.4, 0.5) is 4.79 Å². The van der Waals surface area contributed by atoms with Gasteiger partial charge in [-0.1, -0.05) is 139 Å². The molecule has 3 aliphatic heterocycles. The Kier molecular flexibility index (Phi) is 14.8. The van der Waals surface area contributed by atoms with Crippen molar-refractivity contribution in [3.05, 3.63) is 89.5 Å². The number of methoxy groups -OCH3 is 1. The van der Waals surface area contributed by atoms with Crippen LogP contribution >= 0.6 is 0 Å². The zero-order valence-corrected chi connectivity index (χ0v) is 38.1. The van der Waals surface area contributed by atoms with Crippen molar-refractivity contribution < 1.29 is 19.1 Å². The lowest BCUT2D eigenvalue weighted by Gasteiger charge is -2.33. The maximum Gasteiger partial charge on any atom is 0.318 e. The van der Waals surface area contributed by atoms with Gasteiger partial charge in [0.2, 0.25) is 0 Å². The molecule has 12 heteroatoms. The summed E-state index contributed by atoms with van der Waals surface area (Å²) in [6.07, 6.45) is 18.9. The first-order valence-corrected chi connectivity index (χ1v) is 23.6. The van der Waals surface area contributed by atoms with Crippen molar-refractivity contribution >= 4 is 29.8 Å². The standard InChI is InChI=1S/C33H51N5O2.C18H19N3O2/c1-2-3-14-29-24-37(32(40)35-29)22-27-15-17-28(18-16-27)23-38-30(39)33(36-31(38)34,21-26-12-8-5-9-13-26)20-19-25-10-6-4-7-11-25;1-18(16(22)21(2)17(19)20-18)14-8-4-6-12(10-14)13-7-5-9-15(11-13)23-3/h15-18,25-26,29H,2-14,19-24H2,1H3,(H2,34,36)(H,35,40);4-11H,1-3H3,(H2,19,20)/t29-,33+;/m0./s1. The largest absolute Gasteiger partial charge is 0.497 e. The van der Waals surface area contributed by atoms with E-state index in [9.17, 15) is 14.4 Å². The zero-order chi connectivity index (χ0) is 44.6. The molecule has 3 aromatic carbocycles. The molecule has 4 amide bonds. The van der Waals surface area contributed by atoms with Gasteiger partial charge in [-0.25, -0.2) is 14.8 Å². The molecule has 2 saturated carbocycles. The predicted octanol–water partition coefficient (Wildman–Crippen LogP) is 8.86. The van der Waals surface area contributed by atoms with Gasteiger partial charge in [0.15, 0.2) is 17.5 Å². The summed E-state index contributed by atoms with van der Waals surface area (Å²) < 4.78 is 5.27. The van der Waals surface area contributed by atoms with E-state index >= 15 is 0 Å². The lowest BCUT2D eigenvalue weighted by atomic mass is 9.75. The fourth-order valence-electron chi connectivity index (χ4n) is 10.4. The Hall–Kier alpha value is -5.39. The molecule has 2 aliphatic carbocycles. The highest BCUT2D eigenvalue weighted by Gasteiger charge is 2.49. The summed E-state index contributed by atoms with van der Waals surface area (Å²) in [7, 11) is 3.28. The summed E-state index contributed by atoms with van der Waals surface area (Å²) in [6, 6.07) is 24.2. The van der Waals surface area contributed by atoms with Crippen LogP contribution in [0.5, 0.6) is 5.75 Å². The van der Waals surface area contributed by atoms with E-state index in [2.05, 4.69) is 41.5 Å². The lowest BCUT2D eigenvalue weighted by Crippen LogP contribution is -2.45. The topological polar surface area (TPSA) is 159 Å². The van der Waals surface area contributed by atoms with E-state index < -0.39 is 11.1 Å². The molecule has 12 nitrogen and oxygen atoms in total. The van der Waals surface area contributed by atoms with Gasteiger partial charge < -0.3 is 26.4 Å². The number of hydrogen-bond acceptors (Lipinski definition) is 8. The highest BCUT2D eigenvalue weighted by atomic mass is 16.5. The molecule has 8 rings (SSSR count). The number of aliphatic imine (C=N–C) groups is 2. The van der Waals surface area contributed by atoms with Crippen LogP contribution in [0.15, 0.2) is 82.8 Å². The van der Waals surface area contributed by atoms with Crippen LogP contribution in [-0.2, 0) is 28.2 Å². The lowest BCUT2D eigenvalue weighted by molar-refractivity contribution is -0.133. The second-order valence-electron chi connectivity index (χ2n) is 18.8. The smallest absolute Gasteiger partial charge is 0.318 e. The van der Waals surface area contributed by atoms with Gasteiger partial charge in [0.05, 0.1) is 13.7 Å². The van der Waals surface area contributed by atoms with Gasteiger partial charge in [0.25, 0.3) is 11.8 Å². The number of amides is 4. The van der Waals surface area contributed by atoms with Crippen molar-refractivity contribution in [2.24, 2.45) is 33.3 Å². The number of rotatable bonds is 15. The van der Waals surface area contributed by atoms with Crippen molar-refractivity contribution in [2.45, 2.75) is 147 Å². The number of carbonyl (C=O) groups is 3. The minimum Gasteiger partial charge on any atom is -0.497 e. The number of carbonyl (C=O) groups excluding carboxylic acids is 3. The van der Waals surface area contributed by atoms with E-state index in [4.69, 9.17) is 21.2 Å². The van der Waals surface area contributed by atoms with Crippen LogP contribution in [0.1, 0.15) is 133 Å². The van der Waals surface area contributed by atoms with E-state index in [0.29, 0.717) is 25.0 Å². The van der Waals surface area contributed by atoms with E-state index in [0.717, 1.165) is 84.6 Å². The predicted molar refractivity (Wildman–Crippen MR) is 251 cm³/mol. The van der Waals surface area contributed by atoms with Gasteiger partial charge in [-0.05, 0) is 90.5 Å². The molecule has 338 valence electrons. The van der Waals surface area contributed by atoms with Crippen molar-refractivity contribution in [3.8, 4) is 16.9 Å².